The van der Waals surface area contributed by atoms with Crippen LogP contribution in [0.5, 0.6) is 17.2 Å². The highest BCUT2D eigenvalue weighted by Crippen LogP contribution is 2.36. The molecule has 1 heterocycles. The molecule has 1 saturated carbocycles. The van der Waals surface area contributed by atoms with Crippen molar-refractivity contribution in [1.82, 2.24) is 5.32 Å². The molecule has 3 N–H and O–H groups in total. The van der Waals surface area contributed by atoms with Gasteiger partial charge in [0, 0.05) is 30.4 Å². The summed E-state index contributed by atoms with van der Waals surface area (Å²) in [6, 6.07) is 4.14. The average Bonchev–Trinajstić information content (AvgIpc) is 3.16. The third-order valence-corrected chi connectivity index (χ3v) is 5.76. The number of phenols is 1. The van der Waals surface area contributed by atoms with Gasteiger partial charge in [-0.05, 0) is 25.0 Å². The second kappa shape index (κ2) is 8.62. The van der Waals surface area contributed by atoms with Crippen molar-refractivity contribution in [2.75, 3.05) is 27.3 Å². The smallest absolute Gasteiger partial charge is 0.223 e. The Kier molecular flexibility index (Phi) is 6.25. The Morgan fingerprint density at radius 3 is 2.23 bits per heavy atom. The van der Waals surface area contributed by atoms with Crippen LogP contribution in [0, 0.1) is 5.92 Å². The summed E-state index contributed by atoms with van der Waals surface area (Å²) in [7, 11) is 3.08. The minimum absolute atomic E-state index is 0.0380. The summed E-state index contributed by atoms with van der Waals surface area (Å²) >= 11 is 0. The van der Waals surface area contributed by atoms with E-state index >= 15 is 0 Å². The fourth-order valence-electron chi connectivity index (χ4n) is 4.19. The topological polar surface area (TPSA) is 72.2 Å². The molecular weight excluding hydrogens is 332 g/mol. The third kappa shape index (κ3) is 4.41. The Bertz CT molecular complexity index is 595. The number of aromatic hydroxyl groups is 1. The Hall–Kier alpha value is -1.95. The average molecular weight is 363 g/mol. The lowest BCUT2D eigenvalue weighted by molar-refractivity contribution is -0.919. The molecule has 0 bridgehead atoms. The highest BCUT2D eigenvalue weighted by Gasteiger charge is 2.29. The van der Waals surface area contributed by atoms with E-state index in [0.717, 1.165) is 50.9 Å². The maximum absolute atomic E-state index is 12.4. The molecular formula is C20H31N2O4+. The van der Waals surface area contributed by atoms with Crippen molar-refractivity contribution in [1.29, 1.82) is 0 Å². The number of nitrogens with one attached hydrogen (secondary N) is 2. The van der Waals surface area contributed by atoms with Crippen molar-refractivity contribution in [2.24, 2.45) is 5.92 Å². The fraction of sp³-hybridized carbons (Fsp3) is 0.650. The molecule has 2 fully saturated rings. The summed E-state index contributed by atoms with van der Waals surface area (Å²) in [5.41, 5.74) is 1.07. The number of quaternary nitrogens is 1. The first-order valence-corrected chi connectivity index (χ1v) is 9.68. The van der Waals surface area contributed by atoms with Crippen molar-refractivity contribution >= 4 is 5.91 Å². The van der Waals surface area contributed by atoms with Gasteiger partial charge in [-0.3, -0.25) is 4.79 Å². The lowest BCUT2D eigenvalue weighted by Crippen LogP contribution is -3.11. The molecule has 0 spiro atoms. The zero-order valence-corrected chi connectivity index (χ0v) is 15.8. The maximum atomic E-state index is 12.4. The Morgan fingerprint density at radius 1 is 1.12 bits per heavy atom. The van der Waals surface area contributed by atoms with Gasteiger partial charge in [0.05, 0.1) is 27.3 Å². The predicted octanol–water partition coefficient (Wildman–Crippen LogP) is 1.26. The molecule has 1 aliphatic carbocycles. The molecule has 0 radical (unpaired) electrons. The highest BCUT2D eigenvalue weighted by atomic mass is 16.5. The molecule has 1 saturated heterocycles. The van der Waals surface area contributed by atoms with Crippen molar-refractivity contribution in [3.63, 3.8) is 0 Å². The summed E-state index contributed by atoms with van der Waals surface area (Å²) in [5, 5.41) is 13.3. The van der Waals surface area contributed by atoms with Crippen LogP contribution in [0.1, 0.15) is 44.1 Å². The van der Waals surface area contributed by atoms with Gasteiger partial charge in [0.2, 0.25) is 11.7 Å². The van der Waals surface area contributed by atoms with Crippen LogP contribution >= 0.6 is 0 Å². The van der Waals surface area contributed by atoms with Crippen LogP contribution in [0.4, 0.5) is 0 Å². The third-order valence-electron chi connectivity index (χ3n) is 5.76. The van der Waals surface area contributed by atoms with Gasteiger partial charge >= 0.3 is 0 Å². The predicted molar refractivity (Wildman–Crippen MR) is 98.7 cm³/mol. The molecule has 0 aromatic heterocycles. The Labute approximate surface area is 155 Å². The summed E-state index contributed by atoms with van der Waals surface area (Å²) in [5.74, 6) is 1.32. The quantitative estimate of drug-likeness (QED) is 0.712. The number of methoxy groups -OCH3 is 2. The molecule has 1 amide bonds. The number of phenolic OH excluding ortho intramolecular Hbond substituents is 1. The first-order chi connectivity index (χ1) is 12.6. The van der Waals surface area contributed by atoms with E-state index in [1.165, 1.54) is 17.7 Å². The van der Waals surface area contributed by atoms with Crippen LogP contribution in [0.15, 0.2) is 12.1 Å². The van der Waals surface area contributed by atoms with E-state index in [9.17, 15) is 9.90 Å². The highest BCUT2D eigenvalue weighted by molar-refractivity contribution is 5.79. The SMILES string of the molecule is COc1cc(C[NH+]2CCC(C(=O)NC3CCCC3)CC2)cc(OC)c1O. The minimum Gasteiger partial charge on any atom is -0.502 e. The Morgan fingerprint density at radius 2 is 1.69 bits per heavy atom. The number of ether oxygens (including phenoxy) is 2. The summed E-state index contributed by atoms with van der Waals surface area (Å²) < 4.78 is 10.5. The van der Waals surface area contributed by atoms with E-state index in [1.54, 1.807) is 14.2 Å². The van der Waals surface area contributed by atoms with E-state index < -0.39 is 0 Å². The van der Waals surface area contributed by atoms with Crippen LogP contribution < -0.4 is 19.7 Å². The van der Waals surface area contributed by atoms with Gasteiger partial charge in [-0.15, -0.1) is 0 Å². The molecule has 2 aliphatic rings. The number of carbonyl (C=O) groups is 1. The number of likely N-dealkylation sites (tertiary alicyclic amines) is 1. The zero-order chi connectivity index (χ0) is 18.5. The van der Waals surface area contributed by atoms with Gasteiger partial charge in [0.15, 0.2) is 11.5 Å². The van der Waals surface area contributed by atoms with E-state index in [4.69, 9.17) is 9.47 Å². The van der Waals surface area contributed by atoms with Gasteiger partial charge < -0.3 is 24.8 Å². The number of amides is 1. The first-order valence-electron chi connectivity index (χ1n) is 9.68. The molecule has 0 unspecified atom stereocenters. The number of hydrogen-bond acceptors (Lipinski definition) is 4. The van der Waals surface area contributed by atoms with Gasteiger partial charge in [-0.2, -0.15) is 0 Å². The molecule has 1 aromatic rings. The molecule has 1 aromatic carbocycles. The van der Waals surface area contributed by atoms with Gasteiger partial charge in [0.25, 0.3) is 0 Å². The summed E-state index contributed by atoms with van der Waals surface area (Å²) in [6.45, 7) is 2.80. The van der Waals surface area contributed by atoms with Gasteiger partial charge in [-0.1, -0.05) is 12.8 Å². The number of carbonyl (C=O) groups excluding carboxylic acids is 1. The van der Waals surface area contributed by atoms with Crippen LogP contribution in [0.25, 0.3) is 0 Å². The molecule has 0 atom stereocenters. The van der Waals surface area contributed by atoms with Crippen LogP contribution in [0.2, 0.25) is 0 Å². The summed E-state index contributed by atoms with van der Waals surface area (Å²) in [4.78, 5) is 13.9. The molecule has 6 nitrogen and oxygen atoms in total. The van der Waals surface area contributed by atoms with Crippen LogP contribution in [-0.2, 0) is 11.3 Å². The van der Waals surface area contributed by atoms with Crippen molar-refractivity contribution in [3.05, 3.63) is 17.7 Å². The maximum Gasteiger partial charge on any atom is 0.223 e. The standard InChI is InChI=1S/C20H30N2O4/c1-25-17-11-14(12-18(26-2)19(17)23)13-22-9-7-15(8-10-22)20(24)21-16-5-3-4-6-16/h11-12,15-16,23H,3-10,13H2,1-2H3,(H,21,24)/p+1. The lowest BCUT2D eigenvalue weighted by atomic mass is 9.95. The minimum atomic E-state index is 0.0380. The number of benzene rings is 1. The van der Waals surface area contributed by atoms with Crippen LogP contribution in [0.3, 0.4) is 0 Å². The van der Waals surface area contributed by atoms with Gasteiger partial charge in [-0.25, -0.2) is 0 Å². The van der Waals surface area contributed by atoms with E-state index in [1.807, 2.05) is 12.1 Å². The monoisotopic (exact) mass is 363 g/mol. The molecule has 6 heteroatoms. The van der Waals surface area contributed by atoms with E-state index in [-0.39, 0.29) is 17.6 Å². The summed E-state index contributed by atoms with van der Waals surface area (Å²) in [6.07, 6.45) is 6.63. The lowest BCUT2D eigenvalue weighted by Gasteiger charge is -2.29. The largest absolute Gasteiger partial charge is 0.502 e. The van der Waals surface area contributed by atoms with Crippen LogP contribution in [-0.4, -0.2) is 44.4 Å². The van der Waals surface area contributed by atoms with E-state index in [2.05, 4.69) is 5.32 Å². The fourth-order valence-corrected chi connectivity index (χ4v) is 4.19. The van der Waals surface area contributed by atoms with E-state index in [0.29, 0.717) is 17.5 Å². The number of rotatable bonds is 6. The Balaban J connectivity index is 1.53. The normalized spacial score (nSPS) is 23.6. The number of piperidine rings is 1. The molecule has 26 heavy (non-hydrogen) atoms. The first kappa shape index (κ1) is 18.8. The second-order valence-corrected chi connectivity index (χ2v) is 7.54. The zero-order valence-electron chi connectivity index (χ0n) is 15.8. The van der Waals surface area contributed by atoms with Crippen molar-refractivity contribution in [2.45, 2.75) is 51.1 Å². The van der Waals surface area contributed by atoms with Crippen molar-refractivity contribution < 1.29 is 24.3 Å². The van der Waals surface area contributed by atoms with Crippen molar-refractivity contribution in [3.8, 4) is 17.2 Å². The number of hydrogen-bond donors (Lipinski definition) is 3. The van der Waals surface area contributed by atoms with Gasteiger partial charge in [0.1, 0.15) is 6.54 Å². The second-order valence-electron chi connectivity index (χ2n) is 7.54. The molecule has 3 rings (SSSR count). The molecule has 144 valence electrons. The molecule has 1 aliphatic heterocycles.